The predicted octanol–water partition coefficient (Wildman–Crippen LogP) is 2.75. The van der Waals surface area contributed by atoms with E-state index in [4.69, 9.17) is 11.6 Å². The Kier molecular flexibility index (Phi) is 3.75. The fraction of sp³-hybridized carbons (Fsp3) is 0.300. The van der Waals surface area contributed by atoms with Gasteiger partial charge in [0.05, 0.1) is 5.69 Å². The largest absolute Gasteiger partial charge is 0.299 e. The smallest absolute Gasteiger partial charge is 0.175 e. The van der Waals surface area contributed by atoms with Crippen LogP contribution in [0.1, 0.15) is 6.42 Å². The van der Waals surface area contributed by atoms with Gasteiger partial charge in [0.1, 0.15) is 0 Å². The Morgan fingerprint density at radius 1 is 1.20 bits per heavy atom. The number of nitrogens with one attached hydrogen (secondary N) is 2. The number of thioether (sulfide) groups is 1. The molecule has 2 N–H and O–H groups in total. The van der Waals surface area contributed by atoms with Crippen LogP contribution in [0.25, 0.3) is 0 Å². The molecule has 0 aliphatic carbocycles. The number of nitrogens with zero attached hydrogens (tertiary/aromatic N) is 1. The van der Waals surface area contributed by atoms with Crippen LogP contribution in [-0.2, 0) is 0 Å². The van der Waals surface area contributed by atoms with Crippen molar-refractivity contribution in [1.29, 1.82) is 0 Å². The maximum absolute atomic E-state index is 5.78. The van der Waals surface area contributed by atoms with Gasteiger partial charge in [-0.2, -0.15) is 0 Å². The van der Waals surface area contributed by atoms with Crippen molar-refractivity contribution in [2.75, 3.05) is 17.7 Å². The van der Waals surface area contributed by atoms with E-state index < -0.39 is 0 Å². The first-order valence-electron chi connectivity index (χ1n) is 4.79. The number of benzene rings is 1. The molecule has 1 aromatic rings. The molecule has 0 saturated carbocycles. The van der Waals surface area contributed by atoms with Crippen LogP contribution < -0.4 is 10.9 Å². The molecule has 1 aliphatic rings. The van der Waals surface area contributed by atoms with Crippen molar-refractivity contribution in [2.24, 2.45) is 4.99 Å². The van der Waals surface area contributed by atoms with Crippen molar-refractivity contribution >= 4 is 34.2 Å². The third-order valence-corrected chi connectivity index (χ3v) is 3.20. The van der Waals surface area contributed by atoms with Crippen LogP contribution in [0.5, 0.6) is 0 Å². The molecule has 3 nitrogen and oxygen atoms in total. The van der Waals surface area contributed by atoms with E-state index in [2.05, 4.69) is 15.8 Å². The molecule has 0 bridgehead atoms. The van der Waals surface area contributed by atoms with E-state index in [1.807, 2.05) is 24.3 Å². The molecule has 15 heavy (non-hydrogen) atoms. The van der Waals surface area contributed by atoms with Crippen LogP contribution >= 0.6 is 23.4 Å². The summed E-state index contributed by atoms with van der Waals surface area (Å²) < 4.78 is 0. The standard InChI is InChI=1S/C10H12ClN3S/c11-8-2-4-9(5-3-8)13-14-10-12-6-1-7-15-10/h2-5,13H,1,6-7H2,(H,12,14). The second-order valence-electron chi connectivity index (χ2n) is 3.15. The average molecular weight is 242 g/mol. The minimum absolute atomic E-state index is 0.741. The molecular weight excluding hydrogens is 230 g/mol. The summed E-state index contributed by atoms with van der Waals surface area (Å²) in [6, 6.07) is 7.54. The molecule has 0 saturated heterocycles. The predicted molar refractivity (Wildman–Crippen MR) is 67.6 cm³/mol. The van der Waals surface area contributed by atoms with E-state index in [0.29, 0.717) is 0 Å². The van der Waals surface area contributed by atoms with Gasteiger partial charge in [-0.3, -0.25) is 15.8 Å². The first kappa shape index (κ1) is 10.6. The number of amidine groups is 1. The highest BCUT2D eigenvalue weighted by Gasteiger charge is 2.04. The first-order valence-corrected chi connectivity index (χ1v) is 6.16. The van der Waals surface area contributed by atoms with E-state index >= 15 is 0 Å². The Balaban J connectivity index is 1.87. The fourth-order valence-electron chi connectivity index (χ4n) is 1.19. The lowest BCUT2D eigenvalue weighted by atomic mass is 10.3. The molecule has 1 aromatic carbocycles. The number of hydrogen-bond acceptors (Lipinski definition) is 4. The highest BCUT2D eigenvalue weighted by Crippen LogP contribution is 2.14. The number of rotatable bonds is 2. The van der Waals surface area contributed by atoms with E-state index in [1.165, 1.54) is 0 Å². The summed E-state index contributed by atoms with van der Waals surface area (Å²) in [5.74, 6) is 1.13. The molecule has 0 amide bonds. The van der Waals surface area contributed by atoms with E-state index in [1.54, 1.807) is 11.8 Å². The molecule has 0 atom stereocenters. The maximum atomic E-state index is 5.78. The van der Waals surface area contributed by atoms with Crippen LogP contribution in [0.15, 0.2) is 29.3 Å². The summed E-state index contributed by atoms with van der Waals surface area (Å²) in [4.78, 5) is 4.34. The lowest BCUT2D eigenvalue weighted by Crippen LogP contribution is -2.29. The van der Waals surface area contributed by atoms with Crippen molar-refractivity contribution in [3.05, 3.63) is 29.3 Å². The van der Waals surface area contributed by atoms with Gasteiger partial charge >= 0.3 is 0 Å². The lowest BCUT2D eigenvalue weighted by molar-refractivity contribution is 0.923. The van der Waals surface area contributed by atoms with Crippen LogP contribution in [0.3, 0.4) is 0 Å². The van der Waals surface area contributed by atoms with Gasteiger partial charge < -0.3 is 0 Å². The third kappa shape index (κ3) is 3.32. The average Bonchev–Trinajstić information content (AvgIpc) is 2.30. The van der Waals surface area contributed by atoms with Gasteiger partial charge in [-0.1, -0.05) is 23.4 Å². The molecule has 2 rings (SSSR count). The van der Waals surface area contributed by atoms with Crippen molar-refractivity contribution in [3.8, 4) is 0 Å². The molecule has 1 aliphatic heterocycles. The number of hydrogen-bond donors (Lipinski definition) is 2. The van der Waals surface area contributed by atoms with Crippen LogP contribution in [0.4, 0.5) is 5.69 Å². The Bertz CT molecular complexity index is 350. The minimum Gasteiger partial charge on any atom is -0.299 e. The fourth-order valence-corrected chi connectivity index (χ4v) is 2.09. The molecule has 0 spiro atoms. The molecule has 80 valence electrons. The van der Waals surface area contributed by atoms with Crippen molar-refractivity contribution in [1.82, 2.24) is 5.43 Å². The van der Waals surface area contributed by atoms with Gasteiger partial charge in [-0.15, -0.1) is 0 Å². The second-order valence-corrected chi connectivity index (χ2v) is 4.67. The summed E-state index contributed by atoms with van der Waals surface area (Å²) in [5.41, 5.74) is 7.14. The monoisotopic (exact) mass is 241 g/mol. The third-order valence-electron chi connectivity index (χ3n) is 1.95. The van der Waals surface area contributed by atoms with Crippen molar-refractivity contribution < 1.29 is 0 Å². The summed E-state index contributed by atoms with van der Waals surface area (Å²) in [6.07, 6.45) is 1.16. The van der Waals surface area contributed by atoms with E-state index in [-0.39, 0.29) is 0 Å². The molecule has 1 heterocycles. The SMILES string of the molecule is Clc1ccc(NNC2=NCCCS2)cc1. The molecule has 5 heteroatoms. The summed E-state index contributed by atoms with van der Waals surface area (Å²) in [6.45, 7) is 0.914. The van der Waals surface area contributed by atoms with Crippen molar-refractivity contribution in [3.63, 3.8) is 0 Å². The number of hydrazine groups is 1. The van der Waals surface area contributed by atoms with Gasteiger partial charge in [0.25, 0.3) is 0 Å². The second kappa shape index (κ2) is 5.28. The Morgan fingerprint density at radius 2 is 2.00 bits per heavy atom. The highest BCUT2D eigenvalue weighted by atomic mass is 35.5. The first-order chi connectivity index (χ1) is 7.34. The highest BCUT2D eigenvalue weighted by molar-refractivity contribution is 8.13. The van der Waals surface area contributed by atoms with Crippen LogP contribution in [0, 0.1) is 0 Å². The van der Waals surface area contributed by atoms with Gasteiger partial charge in [0.2, 0.25) is 0 Å². The summed E-state index contributed by atoms with van der Waals surface area (Å²) in [7, 11) is 0. The van der Waals surface area contributed by atoms with Gasteiger partial charge in [-0.25, -0.2) is 0 Å². The number of halogens is 1. The summed E-state index contributed by atoms with van der Waals surface area (Å²) in [5, 5.41) is 1.70. The zero-order chi connectivity index (χ0) is 10.5. The molecule has 0 aromatic heterocycles. The quantitative estimate of drug-likeness (QED) is 0.782. The molecule has 0 radical (unpaired) electrons. The maximum Gasteiger partial charge on any atom is 0.175 e. The normalized spacial score (nSPS) is 15.7. The van der Waals surface area contributed by atoms with Crippen LogP contribution in [-0.4, -0.2) is 17.5 Å². The Labute approximate surface area is 98.3 Å². The Hall–Kier alpha value is -0.870. The van der Waals surface area contributed by atoms with Gasteiger partial charge in [-0.05, 0) is 30.7 Å². The van der Waals surface area contributed by atoms with Crippen molar-refractivity contribution in [2.45, 2.75) is 6.42 Å². The van der Waals surface area contributed by atoms with Crippen LogP contribution in [0.2, 0.25) is 5.02 Å². The van der Waals surface area contributed by atoms with E-state index in [0.717, 1.165) is 34.6 Å². The zero-order valence-corrected chi connectivity index (χ0v) is 9.74. The number of anilines is 1. The molecular formula is C10H12ClN3S. The number of aliphatic imine (C=N–C) groups is 1. The molecule has 0 fully saturated rings. The van der Waals surface area contributed by atoms with Gasteiger partial charge in [0, 0.05) is 17.3 Å². The van der Waals surface area contributed by atoms with E-state index in [9.17, 15) is 0 Å². The summed E-state index contributed by atoms with van der Waals surface area (Å²) >= 11 is 7.52. The molecule has 0 unspecified atom stereocenters. The van der Waals surface area contributed by atoms with Gasteiger partial charge in [0.15, 0.2) is 5.17 Å². The zero-order valence-electron chi connectivity index (χ0n) is 8.16. The lowest BCUT2D eigenvalue weighted by Gasteiger charge is -2.14. The topological polar surface area (TPSA) is 36.4 Å². The minimum atomic E-state index is 0.741. The Morgan fingerprint density at radius 3 is 2.67 bits per heavy atom.